The van der Waals surface area contributed by atoms with Gasteiger partial charge in [0.05, 0.1) is 28.4 Å². The number of aromatic carboxylic acids is 1. The Morgan fingerprint density at radius 3 is 2.46 bits per heavy atom. The van der Waals surface area contributed by atoms with Crippen molar-refractivity contribution in [3.05, 3.63) is 47.7 Å². The van der Waals surface area contributed by atoms with Gasteiger partial charge in [-0.3, -0.25) is 0 Å². The van der Waals surface area contributed by atoms with Crippen molar-refractivity contribution in [1.29, 1.82) is 0 Å². The number of carboxylic acids is 1. The Hall–Kier alpha value is -2.69. The summed E-state index contributed by atoms with van der Waals surface area (Å²) in [5.74, 6) is -0.509. The van der Waals surface area contributed by atoms with Crippen LogP contribution in [0.1, 0.15) is 66.5 Å². The molecule has 0 radical (unpaired) electrons. The van der Waals surface area contributed by atoms with Crippen LogP contribution in [0.2, 0.25) is 0 Å². The van der Waals surface area contributed by atoms with Crippen molar-refractivity contribution in [1.82, 2.24) is 14.8 Å². The van der Waals surface area contributed by atoms with Gasteiger partial charge in [-0.15, -0.1) is 0 Å². The van der Waals surface area contributed by atoms with E-state index >= 15 is 0 Å². The second-order valence-electron chi connectivity index (χ2n) is 7.47. The molecule has 3 aromatic rings. The Labute approximate surface area is 151 Å². The summed E-state index contributed by atoms with van der Waals surface area (Å²) in [6.07, 6.45) is 6.79. The average molecular weight is 347 g/mol. The number of nitrogens with zero attached hydrogens (tertiary/aromatic N) is 3. The summed E-state index contributed by atoms with van der Waals surface area (Å²) in [6.45, 7) is 0. The molecule has 0 bridgehead atoms. The Morgan fingerprint density at radius 2 is 1.81 bits per heavy atom. The first-order chi connectivity index (χ1) is 12.7. The Kier molecular flexibility index (Phi) is 3.55. The van der Waals surface area contributed by atoms with Gasteiger partial charge in [-0.25, -0.2) is 14.5 Å². The molecule has 2 fully saturated rings. The number of benzene rings is 1. The van der Waals surface area contributed by atoms with E-state index in [1.165, 1.54) is 12.8 Å². The monoisotopic (exact) mass is 347 g/mol. The molecule has 0 amide bonds. The lowest BCUT2D eigenvalue weighted by molar-refractivity contribution is 0.0699. The maximum absolute atomic E-state index is 12.1. The quantitative estimate of drug-likeness (QED) is 0.737. The number of rotatable bonds is 4. The highest BCUT2D eigenvalue weighted by molar-refractivity contribution is 6.04. The normalized spacial score (nSPS) is 17.8. The van der Waals surface area contributed by atoms with Gasteiger partial charge in [-0.05, 0) is 31.7 Å². The fraction of sp³-hybridized carbons (Fsp3) is 0.381. The minimum Gasteiger partial charge on any atom is -0.478 e. The van der Waals surface area contributed by atoms with Gasteiger partial charge in [0.15, 0.2) is 5.65 Å². The van der Waals surface area contributed by atoms with Crippen molar-refractivity contribution in [2.75, 3.05) is 0 Å². The summed E-state index contributed by atoms with van der Waals surface area (Å²) in [6, 6.07) is 11.8. The van der Waals surface area contributed by atoms with Gasteiger partial charge in [-0.2, -0.15) is 5.10 Å². The predicted molar refractivity (Wildman–Crippen MR) is 99.4 cm³/mol. The zero-order valence-electron chi connectivity index (χ0n) is 14.6. The van der Waals surface area contributed by atoms with E-state index in [0.29, 0.717) is 23.2 Å². The van der Waals surface area contributed by atoms with E-state index in [-0.39, 0.29) is 0 Å². The standard InChI is InChI=1S/C21H21N3O2/c25-21(26)16-12-17(13-6-2-1-3-7-13)22-20-18(16)19(14-10-11-14)23-24(20)15-8-4-5-9-15/h1-3,6-7,12,14-15H,4-5,8-11H2,(H,25,26). The molecule has 2 aliphatic rings. The van der Waals surface area contributed by atoms with E-state index in [9.17, 15) is 9.90 Å². The third-order valence-corrected chi connectivity index (χ3v) is 5.62. The third-order valence-electron chi connectivity index (χ3n) is 5.62. The lowest BCUT2D eigenvalue weighted by atomic mass is 10.0. The molecular weight excluding hydrogens is 326 g/mol. The average Bonchev–Trinajstić information content (AvgIpc) is 3.22. The van der Waals surface area contributed by atoms with Gasteiger partial charge < -0.3 is 5.11 Å². The minimum atomic E-state index is -0.901. The van der Waals surface area contributed by atoms with E-state index in [1.54, 1.807) is 6.07 Å². The molecule has 2 aliphatic carbocycles. The van der Waals surface area contributed by atoms with E-state index in [4.69, 9.17) is 10.1 Å². The molecule has 2 heterocycles. The zero-order valence-corrected chi connectivity index (χ0v) is 14.6. The number of pyridine rings is 1. The Bertz CT molecular complexity index is 983. The summed E-state index contributed by atoms with van der Waals surface area (Å²) in [7, 11) is 0. The van der Waals surface area contributed by atoms with E-state index in [2.05, 4.69) is 0 Å². The van der Waals surface area contributed by atoms with Crippen LogP contribution in [-0.4, -0.2) is 25.8 Å². The van der Waals surface area contributed by atoms with E-state index in [1.807, 2.05) is 35.0 Å². The summed E-state index contributed by atoms with van der Waals surface area (Å²) in [5.41, 5.74) is 3.66. The fourth-order valence-electron chi connectivity index (χ4n) is 4.13. The molecule has 1 aromatic carbocycles. The van der Waals surface area contributed by atoms with Crippen LogP contribution in [0.25, 0.3) is 22.3 Å². The Morgan fingerprint density at radius 1 is 1.08 bits per heavy atom. The lowest BCUT2D eigenvalue weighted by Crippen LogP contribution is -2.08. The molecule has 5 nitrogen and oxygen atoms in total. The van der Waals surface area contributed by atoms with Crippen molar-refractivity contribution in [2.45, 2.75) is 50.5 Å². The third kappa shape index (κ3) is 2.50. The summed E-state index contributed by atoms with van der Waals surface area (Å²) in [5, 5.41) is 15.5. The fourth-order valence-corrected chi connectivity index (χ4v) is 4.13. The number of fused-ring (bicyclic) bond motifs is 1. The van der Waals surface area contributed by atoms with Gasteiger partial charge in [0.2, 0.25) is 0 Å². The van der Waals surface area contributed by atoms with Crippen LogP contribution < -0.4 is 0 Å². The molecule has 26 heavy (non-hydrogen) atoms. The van der Waals surface area contributed by atoms with E-state index in [0.717, 1.165) is 48.0 Å². The highest BCUT2D eigenvalue weighted by atomic mass is 16.4. The molecule has 2 saturated carbocycles. The molecule has 0 unspecified atom stereocenters. The molecule has 0 spiro atoms. The predicted octanol–water partition coefficient (Wildman–Crippen LogP) is 4.79. The van der Waals surface area contributed by atoms with Crippen molar-refractivity contribution >= 4 is 17.0 Å². The van der Waals surface area contributed by atoms with Crippen LogP contribution in [0.5, 0.6) is 0 Å². The molecule has 5 rings (SSSR count). The van der Waals surface area contributed by atoms with Crippen molar-refractivity contribution < 1.29 is 9.90 Å². The second-order valence-corrected chi connectivity index (χ2v) is 7.47. The van der Waals surface area contributed by atoms with Gasteiger partial charge in [-0.1, -0.05) is 43.2 Å². The molecule has 0 atom stereocenters. The van der Waals surface area contributed by atoms with E-state index < -0.39 is 5.97 Å². The summed E-state index contributed by atoms with van der Waals surface area (Å²) >= 11 is 0. The van der Waals surface area contributed by atoms with Crippen molar-refractivity contribution in [3.8, 4) is 11.3 Å². The van der Waals surface area contributed by atoms with Crippen LogP contribution in [0.15, 0.2) is 36.4 Å². The minimum absolute atomic E-state index is 0.333. The smallest absolute Gasteiger partial charge is 0.336 e. The zero-order chi connectivity index (χ0) is 17.7. The molecule has 1 N–H and O–H groups in total. The first kappa shape index (κ1) is 15.6. The topological polar surface area (TPSA) is 68.0 Å². The summed E-state index contributed by atoms with van der Waals surface area (Å²) < 4.78 is 2.04. The van der Waals surface area contributed by atoms with Crippen molar-refractivity contribution in [3.63, 3.8) is 0 Å². The maximum Gasteiger partial charge on any atom is 0.336 e. The van der Waals surface area contributed by atoms with Crippen LogP contribution in [-0.2, 0) is 0 Å². The molecule has 5 heteroatoms. The highest BCUT2D eigenvalue weighted by Crippen LogP contribution is 2.45. The van der Waals surface area contributed by atoms with Crippen LogP contribution >= 0.6 is 0 Å². The highest BCUT2D eigenvalue weighted by Gasteiger charge is 2.34. The van der Waals surface area contributed by atoms with Crippen molar-refractivity contribution in [2.24, 2.45) is 0 Å². The van der Waals surface area contributed by atoms with Crippen LogP contribution in [0.3, 0.4) is 0 Å². The molecular formula is C21H21N3O2. The first-order valence-electron chi connectivity index (χ1n) is 9.44. The van der Waals surface area contributed by atoms with Crippen LogP contribution in [0, 0.1) is 0 Å². The van der Waals surface area contributed by atoms with Gasteiger partial charge in [0.25, 0.3) is 0 Å². The SMILES string of the molecule is O=C(O)c1cc(-c2ccccc2)nc2c1c(C1CC1)nn2C1CCCC1. The molecule has 0 aliphatic heterocycles. The largest absolute Gasteiger partial charge is 0.478 e. The molecule has 0 saturated heterocycles. The summed E-state index contributed by atoms with van der Waals surface area (Å²) in [4.78, 5) is 17.0. The molecule has 2 aromatic heterocycles. The molecule has 132 valence electrons. The number of hydrogen-bond donors (Lipinski definition) is 1. The van der Waals surface area contributed by atoms with Gasteiger partial charge in [0, 0.05) is 11.5 Å². The number of carbonyl (C=O) groups is 1. The first-order valence-corrected chi connectivity index (χ1v) is 9.44. The number of aromatic nitrogens is 3. The number of carboxylic acid groups (broad SMARTS) is 1. The number of hydrogen-bond acceptors (Lipinski definition) is 3. The lowest BCUT2D eigenvalue weighted by Gasteiger charge is -2.12. The Balaban J connectivity index is 1.79. The van der Waals surface area contributed by atoms with Gasteiger partial charge in [0.1, 0.15) is 0 Å². The maximum atomic E-state index is 12.1. The van der Waals surface area contributed by atoms with Crippen LogP contribution in [0.4, 0.5) is 0 Å². The van der Waals surface area contributed by atoms with Gasteiger partial charge >= 0.3 is 5.97 Å². The second kappa shape index (κ2) is 5.94.